The lowest BCUT2D eigenvalue weighted by Crippen LogP contribution is -2.60. The van der Waals surface area contributed by atoms with Crippen LogP contribution in [0.4, 0.5) is 0 Å². The lowest BCUT2D eigenvalue weighted by molar-refractivity contribution is -0.150. The lowest BCUT2D eigenvalue weighted by Gasteiger charge is -2.58. The SMILES string of the molecule is C[C@@H](CC(=O)C[C@](C)(O)[C@H]1CC(=O)[C@@]2(C)C3=C(C(=O)C[C@]12C)[C@@]1(C)CCC(=O)C(C)(C)[C@H]1CC3=O)C(=O)O. The van der Waals surface area contributed by atoms with Crippen LogP contribution in [0.1, 0.15) is 93.4 Å². The molecule has 8 nitrogen and oxygen atoms in total. The zero-order valence-electron chi connectivity index (χ0n) is 23.5. The summed E-state index contributed by atoms with van der Waals surface area (Å²) in [6.45, 7) is 12.0. The molecule has 4 aliphatic rings. The van der Waals surface area contributed by atoms with E-state index in [4.69, 9.17) is 5.11 Å². The Kier molecular flexibility index (Phi) is 6.39. The molecule has 0 spiro atoms. The molecular weight excluding hydrogens is 488 g/mol. The van der Waals surface area contributed by atoms with Crippen molar-refractivity contribution in [3.05, 3.63) is 11.1 Å². The molecule has 0 amide bonds. The van der Waals surface area contributed by atoms with Gasteiger partial charge in [0.1, 0.15) is 17.3 Å². The second-order valence-electron chi connectivity index (χ2n) is 13.8. The molecule has 38 heavy (non-hydrogen) atoms. The quantitative estimate of drug-likeness (QED) is 0.532. The van der Waals surface area contributed by atoms with Crippen molar-refractivity contribution in [2.75, 3.05) is 0 Å². The molecule has 0 aliphatic heterocycles. The first-order valence-corrected chi connectivity index (χ1v) is 13.6. The van der Waals surface area contributed by atoms with Crippen LogP contribution in [0.15, 0.2) is 11.1 Å². The first-order valence-electron chi connectivity index (χ1n) is 13.6. The topological polar surface area (TPSA) is 143 Å². The number of carbonyl (C=O) groups is 6. The molecule has 0 aromatic carbocycles. The van der Waals surface area contributed by atoms with Crippen molar-refractivity contribution in [2.45, 2.75) is 99.0 Å². The summed E-state index contributed by atoms with van der Waals surface area (Å²) >= 11 is 0. The van der Waals surface area contributed by atoms with Crippen molar-refractivity contribution in [1.29, 1.82) is 0 Å². The van der Waals surface area contributed by atoms with E-state index in [-0.39, 0.29) is 66.7 Å². The number of carboxylic acid groups (broad SMARTS) is 1. The second-order valence-corrected chi connectivity index (χ2v) is 13.8. The van der Waals surface area contributed by atoms with Gasteiger partial charge in [0.25, 0.3) is 0 Å². The fourth-order valence-electron chi connectivity index (χ4n) is 8.70. The highest BCUT2D eigenvalue weighted by Crippen LogP contribution is 2.70. The summed E-state index contributed by atoms with van der Waals surface area (Å²) < 4.78 is 0. The molecule has 2 saturated carbocycles. The van der Waals surface area contributed by atoms with E-state index in [2.05, 4.69) is 0 Å². The average Bonchev–Trinajstić information content (AvgIpc) is 2.99. The Labute approximate surface area is 223 Å². The molecule has 7 atom stereocenters. The first kappa shape index (κ1) is 28.5. The van der Waals surface area contributed by atoms with E-state index in [1.54, 1.807) is 13.8 Å². The molecule has 0 radical (unpaired) electrons. The Morgan fingerprint density at radius 1 is 0.974 bits per heavy atom. The van der Waals surface area contributed by atoms with Crippen LogP contribution in [0.2, 0.25) is 0 Å². The van der Waals surface area contributed by atoms with Gasteiger partial charge < -0.3 is 10.2 Å². The number of rotatable bonds is 6. The van der Waals surface area contributed by atoms with Gasteiger partial charge in [-0.3, -0.25) is 28.8 Å². The zero-order valence-corrected chi connectivity index (χ0v) is 23.5. The van der Waals surface area contributed by atoms with E-state index in [0.29, 0.717) is 18.4 Å². The van der Waals surface area contributed by atoms with Gasteiger partial charge in [-0.25, -0.2) is 0 Å². The number of allylic oxidation sites excluding steroid dienone is 2. The molecule has 0 bridgehead atoms. The van der Waals surface area contributed by atoms with Crippen LogP contribution >= 0.6 is 0 Å². The van der Waals surface area contributed by atoms with Crippen molar-refractivity contribution in [3.63, 3.8) is 0 Å². The van der Waals surface area contributed by atoms with Crippen molar-refractivity contribution in [2.24, 2.45) is 39.4 Å². The number of fused-ring (bicyclic) bond motifs is 4. The summed E-state index contributed by atoms with van der Waals surface area (Å²) in [7, 11) is 0. The van der Waals surface area contributed by atoms with Crippen molar-refractivity contribution < 1.29 is 39.0 Å². The third-order valence-corrected chi connectivity index (χ3v) is 11.1. The monoisotopic (exact) mass is 528 g/mol. The zero-order chi connectivity index (χ0) is 28.8. The summed E-state index contributed by atoms with van der Waals surface area (Å²) in [5.41, 5.74) is -4.97. The van der Waals surface area contributed by atoms with Gasteiger partial charge in [-0.2, -0.15) is 0 Å². The summed E-state index contributed by atoms with van der Waals surface area (Å²) in [5.74, 6) is -4.26. The van der Waals surface area contributed by atoms with Gasteiger partial charge in [-0.1, -0.05) is 34.6 Å². The van der Waals surface area contributed by atoms with Gasteiger partial charge in [-0.15, -0.1) is 0 Å². The van der Waals surface area contributed by atoms with Gasteiger partial charge in [-0.05, 0) is 31.6 Å². The molecule has 0 heterocycles. The van der Waals surface area contributed by atoms with Gasteiger partial charge in [0.2, 0.25) is 0 Å². The second kappa shape index (κ2) is 8.51. The summed E-state index contributed by atoms with van der Waals surface area (Å²) in [6, 6.07) is 0. The minimum absolute atomic E-state index is 0.0570. The van der Waals surface area contributed by atoms with Crippen LogP contribution in [-0.4, -0.2) is 50.7 Å². The maximum atomic E-state index is 14.0. The van der Waals surface area contributed by atoms with Crippen LogP contribution in [0.3, 0.4) is 0 Å². The Bertz CT molecular complexity index is 1200. The third kappa shape index (κ3) is 3.65. The summed E-state index contributed by atoms with van der Waals surface area (Å²) in [5, 5.41) is 20.8. The molecule has 208 valence electrons. The smallest absolute Gasteiger partial charge is 0.306 e. The molecule has 2 fully saturated rings. The van der Waals surface area contributed by atoms with Crippen LogP contribution in [0.5, 0.6) is 0 Å². The van der Waals surface area contributed by atoms with E-state index in [0.717, 1.165) is 0 Å². The number of hydrogen-bond donors (Lipinski definition) is 2. The third-order valence-electron chi connectivity index (χ3n) is 11.1. The number of aliphatic carboxylic acids is 1. The van der Waals surface area contributed by atoms with E-state index in [1.807, 2.05) is 20.8 Å². The van der Waals surface area contributed by atoms with Gasteiger partial charge in [0, 0.05) is 66.4 Å². The van der Waals surface area contributed by atoms with Crippen LogP contribution in [-0.2, 0) is 28.8 Å². The number of aliphatic hydroxyl groups is 1. The van der Waals surface area contributed by atoms with Gasteiger partial charge >= 0.3 is 5.97 Å². The van der Waals surface area contributed by atoms with E-state index >= 15 is 0 Å². The van der Waals surface area contributed by atoms with Crippen LogP contribution in [0.25, 0.3) is 0 Å². The molecule has 2 N–H and O–H groups in total. The maximum Gasteiger partial charge on any atom is 0.306 e. The Morgan fingerprint density at radius 2 is 1.58 bits per heavy atom. The minimum Gasteiger partial charge on any atom is -0.481 e. The molecule has 0 unspecified atom stereocenters. The van der Waals surface area contributed by atoms with Crippen molar-refractivity contribution in [3.8, 4) is 0 Å². The highest BCUT2D eigenvalue weighted by atomic mass is 16.4. The standard InChI is InChI=1S/C30H40O8/c1-15(25(36)37)10-16(31)13-29(6,38)20-12-22(35)30(7)24-17(32)11-19-26(2,3)21(34)8-9-27(19,4)23(24)18(33)14-28(20,30)5/h15,19-20,38H,8-14H2,1-7H3,(H,36,37)/t15-,19+,20-,27-,28+,29-,30-/m0/s1. The minimum atomic E-state index is -1.68. The Hall–Kier alpha value is -2.48. The molecule has 0 aromatic heterocycles. The largest absolute Gasteiger partial charge is 0.481 e. The van der Waals surface area contributed by atoms with Gasteiger partial charge in [0.05, 0.1) is 16.9 Å². The molecule has 8 heteroatoms. The molecule has 0 aromatic rings. The highest BCUT2D eigenvalue weighted by Gasteiger charge is 2.72. The van der Waals surface area contributed by atoms with E-state index in [1.165, 1.54) is 13.8 Å². The predicted octanol–water partition coefficient (Wildman–Crippen LogP) is 3.66. The van der Waals surface area contributed by atoms with E-state index in [9.17, 15) is 33.9 Å². The maximum absolute atomic E-state index is 14.0. The number of carbonyl (C=O) groups excluding carboxylic acids is 5. The molecular formula is C30H40O8. The average molecular weight is 529 g/mol. The van der Waals surface area contributed by atoms with Gasteiger partial charge in [0.15, 0.2) is 11.6 Å². The molecule has 4 rings (SSSR count). The highest BCUT2D eigenvalue weighted by molar-refractivity contribution is 6.16. The van der Waals surface area contributed by atoms with Crippen LogP contribution in [0, 0.1) is 39.4 Å². The van der Waals surface area contributed by atoms with E-state index < -0.39 is 50.8 Å². The fourth-order valence-corrected chi connectivity index (χ4v) is 8.70. The normalized spacial score (nSPS) is 38.7. The lowest BCUT2D eigenvalue weighted by atomic mass is 9.42. The number of hydrogen-bond acceptors (Lipinski definition) is 7. The number of carboxylic acids is 1. The predicted molar refractivity (Wildman–Crippen MR) is 137 cm³/mol. The van der Waals surface area contributed by atoms with Crippen molar-refractivity contribution >= 4 is 34.9 Å². The first-order chi connectivity index (χ1) is 17.2. The Morgan fingerprint density at radius 3 is 2.16 bits per heavy atom. The van der Waals surface area contributed by atoms with Crippen LogP contribution < -0.4 is 0 Å². The number of ketones is 5. The summed E-state index contributed by atoms with van der Waals surface area (Å²) in [6.07, 6.45) is 0.0682. The molecule has 0 saturated heterocycles. The number of Topliss-reactive ketones (excluding diaryl/α,β-unsaturated/α-hetero) is 5. The Balaban J connectivity index is 1.80. The van der Waals surface area contributed by atoms with Crippen molar-refractivity contribution in [1.82, 2.24) is 0 Å². The molecule has 4 aliphatic carbocycles. The summed E-state index contributed by atoms with van der Waals surface area (Å²) in [4.78, 5) is 78.5. The fraction of sp³-hybridized carbons (Fsp3) is 0.733.